The molecule has 5 heteroatoms. The van der Waals surface area contributed by atoms with E-state index in [0.29, 0.717) is 11.3 Å². The largest absolute Gasteiger partial charge is 0.507 e. The maximum absolute atomic E-state index is 12.9. The zero-order valence-electron chi connectivity index (χ0n) is 14.7. The van der Waals surface area contributed by atoms with Crippen molar-refractivity contribution >= 4 is 45.7 Å². The molecular weight excluding hydrogens is 465 g/mol. The van der Waals surface area contributed by atoms with E-state index in [1.807, 2.05) is 60.7 Å². The fraction of sp³-hybridized carbons (Fsp3) is 0.0435. The van der Waals surface area contributed by atoms with E-state index in [9.17, 15) is 14.7 Å². The summed E-state index contributed by atoms with van der Waals surface area (Å²) in [6.45, 7) is 0. The highest BCUT2D eigenvalue weighted by Crippen LogP contribution is 2.42. The molecule has 1 heterocycles. The van der Waals surface area contributed by atoms with Gasteiger partial charge in [0.1, 0.15) is 5.76 Å². The van der Waals surface area contributed by atoms with Crippen molar-refractivity contribution in [3.05, 3.63) is 105 Å². The topological polar surface area (TPSA) is 57.6 Å². The zero-order valence-corrected chi connectivity index (χ0v) is 16.9. The van der Waals surface area contributed by atoms with Crippen LogP contribution in [0.4, 0.5) is 5.69 Å². The van der Waals surface area contributed by atoms with Crippen LogP contribution in [-0.4, -0.2) is 16.8 Å². The second-order valence-electron chi connectivity index (χ2n) is 6.42. The van der Waals surface area contributed by atoms with Crippen LogP contribution in [0.5, 0.6) is 0 Å². The summed E-state index contributed by atoms with van der Waals surface area (Å²) < 4.78 is 1.03. The molecule has 1 amide bonds. The van der Waals surface area contributed by atoms with Crippen LogP contribution in [0.3, 0.4) is 0 Å². The lowest BCUT2D eigenvalue weighted by Crippen LogP contribution is -2.29. The number of hydrogen-bond donors (Lipinski definition) is 1. The van der Waals surface area contributed by atoms with Crippen molar-refractivity contribution in [2.45, 2.75) is 6.04 Å². The van der Waals surface area contributed by atoms with Crippen molar-refractivity contribution in [1.82, 2.24) is 0 Å². The summed E-state index contributed by atoms with van der Waals surface area (Å²) in [6.07, 6.45) is 0. The number of amides is 1. The average Bonchev–Trinajstić information content (AvgIpc) is 3.00. The summed E-state index contributed by atoms with van der Waals surface area (Å²) in [5, 5.41) is 10.9. The van der Waals surface area contributed by atoms with Crippen LogP contribution in [0.1, 0.15) is 17.2 Å². The average molecular weight is 481 g/mol. The predicted molar refractivity (Wildman–Crippen MR) is 117 cm³/mol. The molecule has 0 radical (unpaired) electrons. The predicted octanol–water partition coefficient (Wildman–Crippen LogP) is 4.92. The molecule has 1 aliphatic rings. The lowest BCUT2D eigenvalue weighted by atomic mass is 9.95. The van der Waals surface area contributed by atoms with Gasteiger partial charge in [-0.25, -0.2) is 0 Å². The molecule has 0 saturated carbocycles. The Morgan fingerprint density at radius 1 is 0.821 bits per heavy atom. The Kier molecular flexibility index (Phi) is 5.00. The van der Waals surface area contributed by atoms with Crippen molar-refractivity contribution in [3.8, 4) is 0 Å². The smallest absolute Gasteiger partial charge is 0.300 e. The number of rotatable bonds is 3. The van der Waals surface area contributed by atoms with Gasteiger partial charge >= 0.3 is 0 Å². The number of hydrogen-bond acceptors (Lipinski definition) is 3. The first-order valence-corrected chi connectivity index (χ1v) is 9.83. The van der Waals surface area contributed by atoms with Gasteiger partial charge in [0.2, 0.25) is 0 Å². The fourth-order valence-corrected chi connectivity index (χ4v) is 3.76. The lowest BCUT2D eigenvalue weighted by molar-refractivity contribution is -0.132. The third kappa shape index (κ3) is 3.22. The Labute approximate surface area is 176 Å². The highest BCUT2D eigenvalue weighted by molar-refractivity contribution is 14.1. The zero-order chi connectivity index (χ0) is 19.7. The molecule has 4 rings (SSSR count). The molecule has 1 atom stereocenters. The Balaban J connectivity index is 1.94. The van der Waals surface area contributed by atoms with Crippen molar-refractivity contribution < 1.29 is 14.7 Å². The number of aliphatic hydroxyl groups is 1. The van der Waals surface area contributed by atoms with E-state index in [2.05, 4.69) is 22.6 Å². The molecule has 1 N–H and O–H groups in total. The van der Waals surface area contributed by atoms with Gasteiger partial charge in [-0.1, -0.05) is 60.7 Å². The van der Waals surface area contributed by atoms with Crippen molar-refractivity contribution in [1.29, 1.82) is 0 Å². The van der Waals surface area contributed by atoms with E-state index in [-0.39, 0.29) is 11.3 Å². The summed E-state index contributed by atoms with van der Waals surface area (Å²) in [4.78, 5) is 27.4. The van der Waals surface area contributed by atoms with Gasteiger partial charge in [-0.2, -0.15) is 0 Å². The Bertz CT molecular complexity index is 1060. The normalized spacial score (nSPS) is 18.5. The van der Waals surface area contributed by atoms with Gasteiger partial charge in [-0.15, -0.1) is 0 Å². The molecule has 4 nitrogen and oxygen atoms in total. The molecular formula is C23H16INO3. The Morgan fingerprint density at radius 2 is 1.39 bits per heavy atom. The first-order valence-electron chi connectivity index (χ1n) is 8.75. The molecule has 1 fully saturated rings. The standard InChI is InChI=1S/C23H16INO3/c24-17-11-13-18(14-12-17)25-20(15-7-3-1-4-8-15)19(22(27)23(25)28)21(26)16-9-5-2-6-10-16/h1-14,20,26H/t20-/m1/s1. The number of benzene rings is 3. The lowest BCUT2D eigenvalue weighted by Gasteiger charge is -2.25. The number of nitrogens with zero attached hydrogens (tertiary/aromatic N) is 1. The van der Waals surface area contributed by atoms with E-state index in [1.165, 1.54) is 4.90 Å². The van der Waals surface area contributed by atoms with Crippen LogP contribution >= 0.6 is 22.6 Å². The number of aliphatic hydroxyl groups excluding tert-OH is 1. The highest BCUT2D eigenvalue weighted by Gasteiger charge is 2.46. The van der Waals surface area contributed by atoms with E-state index >= 15 is 0 Å². The number of halogens is 1. The molecule has 28 heavy (non-hydrogen) atoms. The van der Waals surface area contributed by atoms with Crippen LogP contribution in [0, 0.1) is 3.57 Å². The minimum atomic E-state index is -0.693. The van der Waals surface area contributed by atoms with Gasteiger partial charge < -0.3 is 5.11 Å². The molecule has 1 aliphatic heterocycles. The number of carbonyl (C=O) groups is 2. The number of Topliss-reactive ketones (excluding diaryl/α,β-unsaturated/α-hetero) is 1. The van der Waals surface area contributed by atoms with Gasteiger partial charge in [-0.3, -0.25) is 14.5 Å². The first kappa shape index (κ1) is 18.4. The minimum Gasteiger partial charge on any atom is -0.507 e. The molecule has 3 aromatic rings. The maximum atomic E-state index is 12.9. The van der Waals surface area contributed by atoms with Crippen molar-refractivity contribution in [2.75, 3.05) is 4.90 Å². The molecule has 138 valence electrons. The number of anilines is 1. The van der Waals surface area contributed by atoms with E-state index in [1.54, 1.807) is 24.3 Å². The van der Waals surface area contributed by atoms with E-state index in [0.717, 1.165) is 9.13 Å². The third-order valence-corrected chi connectivity index (χ3v) is 5.43. The second kappa shape index (κ2) is 7.59. The molecule has 3 aromatic carbocycles. The van der Waals surface area contributed by atoms with E-state index < -0.39 is 17.7 Å². The van der Waals surface area contributed by atoms with Crippen molar-refractivity contribution in [2.24, 2.45) is 0 Å². The van der Waals surface area contributed by atoms with E-state index in [4.69, 9.17) is 0 Å². The molecule has 0 bridgehead atoms. The second-order valence-corrected chi connectivity index (χ2v) is 7.67. The molecule has 0 aliphatic carbocycles. The van der Waals surface area contributed by atoms with Crippen LogP contribution in [0.15, 0.2) is 90.5 Å². The summed E-state index contributed by atoms with van der Waals surface area (Å²) in [6, 6.07) is 24.8. The first-order chi connectivity index (χ1) is 13.6. The number of ketones is 1. The summed E-state index contributed by atoms with van der Waals surface area (Å²) in [5.74, 6) is -1.50. The summed E-state index contributed by atoms with van der Waals surface area (Å²) in [7, 11) is 0. The molecule has 1 saturated heterocycles. The maximum Gasteiger partial charge on any atom is 0.300 e. The minimum absolute atomic E-state index is 0.0981. The van der Waals surface area contributed by atoms with Gasteiger partial charge in [0, 0.05) is 14.8 Å². The van der Waals surface area contributed by atoms with Gasteiger partial charge in [-0.05, 0) is 52.4 Å². The van der Waals surface area contributed by atoms with Gasteiger partial charge in [0.05, 0.1) is 11.6 Å². The highest BCUT2D eigenvalue weighted by atomic mass is 127. The Hall–Kier alpha value is -2.93. The third-order valence-electron chi connectivity index (χ3n) is 4.71. The fourth-order valence-electron chi connectivity index (χ4n) is 3.40. The Morgan fingerprint density at radius 3 is 2.00 bits per heavy atom. The SMILES string of the molecule is O=C1C(=O)N(c2ccc(I)cc2)[C@H](c2ccccc2)C1=C(O)c1ccccc1. The van der Waals surface area contributed by atoms with Crippen LogP contribution in [0.2, 0.25) is 0 Å². The van der Waals surface area contributed by atoms with Crippen LogP contribution < -0.4 is 4.90 Å². The number of carbonyl (C=O) groups excluding carboxylic acids is 2. The molecule has 0 aromatic heterocycles. The van der Waals surface area contributed by atoms with Gasteiger partial charge in [0.15, 0.2) is 0 Å². The van der Waals surface area contributed by atoms with Crippen molar-refractivity contribution in [3.63, 3.8) is 0 Å². The van der Waals surface area contributed by atoms with Crippen LogP contribution in [0.25, 0.3) is 5.76 Å². The molecule has 0 spiro atoms. The summed E-state index contributed by atoms with van der Waals surface area (Å²) >= 11 is 2.19. The quantitative estimate of drug-likeness (QED) is 0.250. The summed E-state index contributed by atoms with van der Waals surface area (Å²) in [5.41, 5.74) is 1.98. The van der Waals surface area contributed by atoms with Gasteiger partial charge in [0.25, 0.3) is 11.7 Å². The molecule has 0 unspecified atom stereocenters. The monoisotopic (exact) mass is 481 g/mol. The van der Waals surface area contributed by atoms with Crippen LogP contribution in [-0.2, 0) is 9.59 Å².